The molecule has 2 rings (SSSR count). The summed E-state index contributed by atoms with van der Waals surface area (Å²) in [7, 11) is 1.74. The Labute approximate surface area is 110 Å². The molecule has 1 N–H and O–H groups in total. The summed E-state index contributed by atoms with van der Waals surface area (Å²) in [6.45, 7) is 3.87. The molecule has 1 aliphatic rings. The van der Waals surface area contributed by atoms with Crippen molar-refractivity contribution in [1.82, 2.24) is 4.98 Å². The maximum absolute atomic E-state index is 10.6. The smallest absolute Gasteiger partial charge is 0.309 e. The number of thiazole rings is 1. The lowest BCUT2D eigenvalue weighted by molar-refractivity contribution is -0.136. The molecule has 1 aromatic heterocycles. The lowest BCUT2D eigenvalue weighted by Gasteiger charge is -2.39. The van der Waals surface area contributed by atoms with E-state index in [1.54, 1.807) is 7.11 Å². The van der Waals surface area contributed by atoms with Crippen LogP contribution in [0.25, 0.3) is 0 Å². The van der Waals surface area contributed by atoms with Crippen molar-refractivity contribution in [2.24, 2.45) is 0 Å². The first-order valence-electron chi connectivity index (χ1n) is 5.99. The fourth-order valence-corrected chi connectivity index (χ4v) is 3.07. The molecule has 1 aliphatic heterocycles. The predicted molar refractivity (Wildman–Crippen MR) is 70.3 cm³/mol. The van der Waals surface area contributed by atoms with E-state index in [9.17, 15) is 4.79 Å². The lowest BCUT2D eigenvalue weighted by Crippen LogP contribution is -2.47. The quantitative estimate of drug-likeness (QED) is 0.903. The molecular formula is C12H18N2O3S. The van der Waals surface area contributed by atoms with E-state index in [4.69, 9.17) is 9.84 Å². The fraction of sp³-hybridized carbons (Fsp3) is 0.667. The number of carboxylic acids is 1. The Bertz CT molecular complexity index is 435. The van der Waals surface area contributed by atoms with Gasteiger partial charge in [-0.2, -0.15) is 0 Å². The second-order valence-electron chi connectivity index (χ2n) is 4.87. The van der Waals surface area contributed by atoms with Crippen molar-refractivity contribution in [2.45, 2.75) is 31.8 Å². The Kier molecular flexibility index (Phi) is 3.87. The Morgan fingerprint density at radius 3 is 3.17 bits per heavy atom. The Morgan fingerprint density at radius 2 is 2.50 bits per heavy atom. The summed E-state index contributed by atoms with van der Waals surface area (Å²) in [5.74, 6) is -0.841. The van der Waals surface area contributed by atoms with E-state index < -0.39 is 5.97 Å². The van der Waals surface area contributed by atoms with Crippen molar-refractivity contribution in [3.05, 3.63) is 11.1 Å². The van der Waals surface area contributed by atoms with Crippen LogP contribution in [0.15, 0.2) is 5.38 Å². The van der Waals surface area contributed by atoms with Crippen molar-refractivity contribution in [2.75, 3.05) is 25.1 Å². The first-order chi connectivity index (χ1) is 8.52. The normalized spacial score (nSPS) is 24.2. The summed E-state index contributed by atoms with van der Waals surface area (Å²) < 4.78 is 5.54. The van der Waals surface area contributed by atoms with Gasteiger partial charge >= 0.3 is 5.97 Å². The van der Waals surface area contributed by atoms with Crippen molar-refractivity contribution in [3.8, 4) is 0 Å². The highest BCUT2D eigenvalue weighted by Gasteiger charge is 2.31. The number of piperidine rings is 1. The van der Waals surface area contributed by atoms with Crippen LogP contribution in [-0.2, 0) is 16.0 Å². The molecule has 1 fully saturated rings. The third-order valence-electron chi connectivity index (χ3n) is 3.29. The molecule has 0 amide bonds. The van der Waals surface area contributed by atoms with Crippen molar-refractivity contribution in [1.29, 1.82) is 0 Å². The molecule has 5 nitrogen and oxygen atoms in total. The first kappa shape index (κ1) is 13.3. The monoisotopic (exact) mass is 270 g/mol. The summed E-state index contributed by atoms with van der Waals surface area (Å²) in [5, 5.41) is 11.5. The van der Waals surface area contributed by atoms with Gasteiger partial charge < -0.3 is 14.7 Å². The number of carboxylic acid groups (broad SMARTS) is 1. The molecule has 0 radical (unpaired) electrons. The number of methoxy groups -OCH3 is 1. The van der Waals surface area contributed by atoms with Crippen LogP contribution < -0.4 is 4.90 Å². The molecule has 18 heavy (non-hydrogen) atoms. The van der Waals surface area contributed by atoms with Gasteiger partial charge in [0.25, 0.3) is 0 Å². The van der Waals surface area contributed by atoms with Crippen LogP contribution in [0.1, 0.15) is 25.5 Å². The van der Waals surface area contributed by atoms with Gasteiger partial charge in [-0.05, 0) is 19.8 Å². The second kappa shape index (κ2) is 5.24. The summed E-state index contributed by atoms with van der Waals surface area (Å²) >= 11 is 1.51. The molecular weight excluding hydrogens is 252 g/mol. The predicted octanol–water partition coefficient (Wildman–Crippen LogP) is 1.78. The third kappa shape index (κ3) is 3.00. The van der Waals surface area contributed by atoms with Crippen LogP contribution in [0.2, 0.25) is 0 Å². The summed E-state index contributed by atoms with van der Waals surface area (Å²) in [6, 6.07) is 0. The first-order valence-corrected chi connectivity index (χ1v) is 6.87. The highest BCUT2D eigenvalue weighted by Crippen LogP contribution is 2.29. The molecule has 1 unspecified atom stereocenters. The highest BCUT2D eigenvalue weighted by molar-refractivity contribution is 7.13. The number of nitrogens with zero attached hydrogens (tertiary/aromatic N) is 2. The number of anilines is 1. The molecule has 0 saturated carbocycles. The Hall–Kier alpha value is -1.14. The Morgan fingerprint density at radius 1 is 1.72 bits per heavy atom. The summed E-state index contributed by atoms with van der Waals surface area (Å²) in [5.41, 5.74) is 0.504. The number of hydrogen-bond donors (Lipinski definition) is 1. The van der Waals surface area contributed by atoms with E-state index in [0.29, 0.717) is 5.69 Å². The van der Waals surface area contributed by atoms with Gasteiger partial charge in [0.1, 0.15) is 0 Å². The number of aliphatic carboxylic acids is 1. The Balaban J connectivity index is 2.07. The van der Waals surface area contributed by atoms with Crippen LogP contribution in [0.3, 0.4) is 0 Å². The SMILES string of the molecule is COC1(C)CCCN(c2nc(CC(=O)O)cs2)C1. The maximum Gasteiger partial charge on any atom is 0.309 e. The maximum atomic E-state index is 10.6. The number of aromatic nitrogens is 1. The van der Waals surface area contributed by atoms with E-state index in [0.717, 1.165) is 31.1 Å². The molecule has 0 bridgehead atoms. The van der Waals surface area contributed by atoms with Crippen molar-refractivity contribution < 1.29 is 14.6 Å². The molecule has 0 spiro atoms. The van der Waals surface area contributed by atoms with Crippen LogP contribution in [-0.4, -0.2) is 41.9 Å². The van der Waals surface area contributed by atoms with Gasteiger partial charge in [0, 0.05) is 25.6 Å². The molecule has 1 atom stereocenters. The van der Waals surface area contributed by atoms with E-state index in [-0.39, 0.29) is 12.0 Å². The average molecular weight is 270 g/mol. The second-order valence-corrected chi connectivity index (χ2v) is 5.71. The van der Waals surface area contributed by atoms with Crippen LogP contribution >= 0.6 is 11.3 Å². The molecule has 2 heterocycles. The fourth-order valence-electron chi connectivity index (χ4n) is 2.21. The number of ether oxygens (including phenoxy) is 1. The molecule has 1 saturated heterocycles. The van der Waals surface area contributed by atoms with Crippen LogP contribution in [0.5, 0.6) is 0 Å². The third-order valence-corrected chi connectivity index (χ3v) is 4.24. The van der Waals surface area contributed by atoms with Gasteiger partial charge in [-0.3, -0.25) is 4.79 Å². The van der Waals surface area contributed by atoms with Crippen molar-refractivity contribution in [3.63, 3.8) is 0 Å². The van der Waals surface area contributed by atoms with Gasteiger partial charge in [0.05, 0.1) is 17.7 Å². The number of rotatable bonds is 4. The van der Waals surface area contributed by atoms with Gasteiger partial charge in [-0.25, -0.2) is 4.98 Å². The lowest BCUT2D eigenvalue weighted by atomic mass is 9.95. The zero-order valence-electron chi connectivity index (χ0n) is 10.7. The number of hydrogen-bond acceptors (Lipinski definition) is 5. The molecule has 0 aliphatic carbocycles. The minimum absolute atomic E-state index is 0.00805. The zero-order chi connectivity index (χ0) is 13.2. The van der Waals surface area contributed by atoms with E-state index in [1.807, 2.05) is 5.38 Å². The molecule has 100 valence electrons. The van der Waals surface area contributed by atoms with Gasteiger partial charge in [0.2, 0.25) is 0 Å². The number of carbonyl (C=O) groups is 1. The molecule has 0 aromatic carbocycles. The standard InChI is InChI=1S/C12H18N2O3S/c1-12(17-2)4-3-5-14(8-12)11-13-9(7-18-11)6-10(15)16/h7H,3-6,8H2,1-2H3,(H,15,16). The summed E-state index contributed by atoms with van der Waals surface area (Å²) in [4.78, 5) is 17.2. The molecule has 6 heteroatoms. The van der Waals surface area contributed by atoms with Gasteiger partial charge in [-0.1, -0.05) is 0 Å². The minimum Gasteiger partial charge on any atom is -0.481 e. The van der Waals surface area contributed by atoms with Gasteiger partial charge in [-0.15, -0.1) is 11.3 Å². The van der Waals surface area contributed by atoms with E-state index in [1.165, 1.54) is 11.3 Å². The van der Waals surface area contributed by atoms with E-state index >= 15 is 0 Å². The summed E-state index contributed by atoms with van der Waals surface area (Å²) in [6.07, 6.45) is 2.11. The zero-order valence-corrected chi connectivity index (χ0v) is 11.5. The topological polar surface area (TPSA) is 62.7 Å². The minimum atomic E-state index is -0.841. The van der Waals surface area contributed by atoms with E-state index in [2.05, 4.69) is 16.8 Å². The average Bonchev–Trinajstić information content (AvgIpc) is 2.77. The van der Waals surface area contributed by atoms with Crippen LogP contribution in [0.4, 0.5) is 5.13 Å². The largest absolute Gasteiger partial charge is 0.481 e. The highest BCUT2D eigenvalue weighted by atomic mass is 32.1. The van der Waals surface area contributed by atoms with Crippen molar-refractivity contribution >= 4 is 22.4 Å². The van der Waals surface area contributed by atoms with Gasteiger partial charge in [0.15, 0.2) is 5.13 Å². The van der Waals surface area contributed by atoms with Crippen LogP contribution in [0, 0.1) is 0 Å². The molecule has 1 aromatic rings.